The van der Waals surface area contributed by atoms with E-state index in [2.05, 4.69) is 17.3 Å². The van der Waals surface area contributed by atoms with E-state index in [0.717, 1.165) is 18.5 Å². The summed E-state index contributed by atoms with van der Waals surface area (Å²) in [4.78, 5) is 11.7. The normalized spacial score (nSPS) is 15.5. The quantitative estimate of drug-likeness (QED) is 0.714. The van der Waals surface area contributed by atoms with Crippen LogP contribution in [-0.2, 0) is 6.54 Å². The average Bonchev–Trinajstić information content (AvgIpc) is 2.94. The fourth-order valence-electron chi connectivity index (χ4n) is 1.49. The van der Waals surface area contributed by atoms with Crippen molar-refractivity contribution < 1.29 is 4.79 Å². The first-order valence-corrected chi connectivity index (χ1v) is 5.58. The number of nitrogens with zero attached hydrogens (tertiary/aromatic N) is 2. The Hall–Kier alpha value is -1.16. The Kier molecular flexibility index (Phi) is 3.16. The van der Waals surface area contributed by atoms with Crippen molar-refractivity contribution in [3.05, 3.63) is 18.0 Å². The van der Waals surface area contributed by atoms with Gasteiger partial charge < -0.3 is 5.32 Å². The lowest BCUT2D eigenvalue weighted by atomic mass is 10.2. The van der Waals surface area contributed by atoms with E-state index in [9.17, 15) is 4.79 Å². The maximum atomic E-state index is 11.7. The van der Waals surface area contributed by atoms with Crippen molar-refractivity contribution in [1.82, 2.24) is 15.1 Å². The Morgan fingerprint density at radius 1 is 1.67 bits per heavy atom. The first kappa shape index (κ1) is 10.4. The molecule has 2 rings (SSSR count). The van der Waals surface area contributed by atoms with Gasteiger partial charge in [0, 0.05) is 18.8 Å². The van der Waals surface area contributed by atoms with E-state index in [-0.39, 0.29) is 5.78 Å². The summed E-state index contributed by atoms with van der Waals surface area (Å²) in [5.74, 6) is 0.143. The highest BCUT2D eigenvalue weighted by molar-refractivity contribution is 5.97. The number of Topliss-reactive ketones (excluding diaryl/α,β-unsaturated/α-hetero) is 1. The van der Waals surface area contributed by atoms with E-state index in [1.807, 2.05) is 10.9 Å². The third-order valence-electron chi connectivity index (χ3n) is 2.54. The number of aromatic nitrogens is 2. The smallest absolute Gasteiger partial charge is 0.179 e. The van der Waals surface area contributed by atoms with Gasteiger partial charge in [-0.25, -0.2) is 0 Å². The number of rotatable bonds is 6. The summed E-state index contributed by atoms with van der Waals surface area (Å²) in [6.45, 7) is 3.42. The zero-order valence-corrected chi connectivity index (χ0v) is 9.07. The second kappa shape index (κ2) is 4.57. The molecule has 1 heterocycles. The van der Waals surface area contributed by atoms with Crippen molar-refractivity contribution in [3.8, 4) is 0 Å². The van der Waals surface area contributed by atoms with Crippen LogP contribution in [0.4, 0.5) is 0 Å². The summed E-state index contributed by atoms with van der Waals surface area (Å²) in [5.41, 5.74) is 0.719. The van der Waals surface area contributed by atoms with Crippen LogP contribution < -0.4 is 5.32 Å². The van der Waals surface area contributed by atoms with Gasteiger partial charge in [-0.05, 0) is 19.3 Å². The molecule has 0 saturated heterocycles. The molecule has 0 atom stereocenters. The summed E-state index contributed by atoms with van der Waals surface area (Å²) in [6.07, 6.45) is 6.95. The van der Waals surface area contributed by atoms with Gasteiger partial charge >= 0.3 is 0 Å². The molecule has 1 aliphatic rings. The van der Waals surface area contributed by atoms with Crippen molar-refractivity contribution in [3.63, 3.8) is 0 Å². The molecular formula is C11H17N3O. The topological polar surface area (TPSA) is 46.9 Å². The molecule has 1 fully saturated rings. The highest BCUT2D eigenvalue weighted by Crippen LogP contribution is 2.18. The molecule has 0 spiro atoms. The van der Waals surface area contributed by atoms with Crippen LogP contribution in [0.2, 0.25) is 0 Å². The van der Waals surface area contributed by atoms with Crippen molar-refractivity contribution in [2.24, 2.45) is 0 Å². The zero-order chi connectivity index (χ0) is 10.7. The lowest BCUT2D eigenvalue weighted by Gasteiger charge is -1.99. The summed E-state index contributed by atoms with van der Waals surface area (Å²) >= 11 is 0. The minimum atomic E-state index is 0.143. The van der Waals surface area contributed by atoms with Crippen LogP contribution in [-0.4, -0.2) is 28.2 Å². The van der Waals surface area contributed by atoms with Gasteiger partial charge in [0.15, 0.2) is 5.78 Å². The van der Waals surface area contributed by atoms with Gasteiger partial charge in [0.1, 0.15) is 0 Å². The predicted octanol–water partition coefficient (Wildman–Crippen LogP) is 1.23. The molecule has 0 unspecified atom stereocenters. The maximum absolute atomic E-state index is 11.7. The second-order valence-corrected chi connectivity index (χ2v) is 4.07. The van der Waals surface area contributed by atoms with Gasteiger partial charge in [-0.3, -0.25) is 9.48 Å². The number of hydrogen-bond donors (Lipinski definition) is 1. The van der Waals surface area contributed by atoms with Crippen LogP contribution in [0, 0.1) is 0 Å². The average molecular weight is 207 g/mol. The van der Waals surface area contributed by atoms with Gasteiger partial charge in [0.2, 0.25) is 0 Å². The molecule has 1 aromatic rings. The predicted molar refractivity (Wildman–Crippen MR) is 57.9 cm³/mol. The number of ketones is 1. The van der Waals surface area contributed by atoms with E-state index in [4.69, 9.17) is 0 Å². The summed E-state index contributed by atoms with van der Waals surface area (Å²) < 4.78 is 1.82. The summed E-state index contributed by atoms with van der Waals surface area (Å²) in [5, 5.41) is 7.35. The minimum absolute atomic E-state index is 0.143. The molecule has 4 heteroatoms. The third-order valence-corrected chi connectivity index (χ3v) is 2.54. The largest absolute Gasteiger partial charge is 0.307 e. The Morgan fingerprint density at radius 3 is 3.13 bits per heavy atom. The zero-order valence-electron chi connectivity index (χ0n) is 9.07. The third kappa shape index (κ3) is 2.89. The summed E-state index contributed by atoms with van der Waals surface area (Å²) in [7, 11) is 0. The molecule has 0 amide bonds. The van der Waals surface area contributed by atoms with Gasteiger partial charge in [-0.2, -0.15) is 5.10 Å². The van der Waals surface area contributed by atoms with Crippen LogP contribution in [0.5, 0.6) is 0 Å². The highest BCUT2D eigenvalue weighted by Gasteiger charge is 2.21. The highest BCUT2D eigenvalue weighted by atomic mass is 16.1. The Labute approximate surface area is 89.7 Å². The monoisotopic (exact) mass is 207 g/mol. The van der Waals surface area contributed by atoms with Gasteiger partial charge in [-0.15, -0.1) is 0 Å². The first-order valence-electron chi connectivity index (χ1n) is 5.58. The van der Waals surface area contributed by atoms with Crippen LogP contribution in [0.1, 0.15) is 36.5 Å². The molecular weight excluding hydrogens is 190 g/mol. The van der Waals surface area contributed by atoms with Crippen LogP contribution >= 0.6 is 0 Å². The molecule has 1 saturated carbocycles. The van der Waals surface area contributed by atoms with Crippen molar-refractivity contribution in [2.45, 2.75) is 38.8 Å². The van der Waals surface area contributed by atoms with E-state index in [1.165, 1.54) is 12.8 Å². The van der Waals surface area contributed by atoms with E-state index >= 15 is 0 Å². The van der Waals surface area contributed by atoms with E-state index < -0.39 is 0 Å². The van der Waals surface area contributed by atoms with Crippen molar-refractivity contribution in [2.75, 3.05) is 6.54 Å². The van der Waals surface area contributed by atoms with Gasteiger partial charge in [0.25, 0.3) is 0 Å². The maximum Gasteiger partial charge on any atom is 0.179 e. The SMILES string of the molecule is CCCn1cc(C(=O)CNC2CC2)cn1. The fourth-order valence-corrected chi connectivity index (χ4v) is 1.49. The standard InChI is InChI=1S/C11H17N3O/c1-2-5-14-8-9(6-13-14)11(15)7-12-10-3-4-10/h6,8,10,12H,2-5,7H2,1H3. The van der Waals surface area contributed by atoms with E-state index in [0.29, 0.717) is 12.6 Å². The van der Waals surface area contributed by atoms with Crippen LogP contribution in [0.15, 0.2) is 12.4 Å². The van der Waals surface area contributed by atoms with Crippen molar-refractivity contribution in [1.29, 1.82) is 0 Å². The van der Waals surface area contributed by atoms with Crippen LogP contribution in [0.3, 0.4) is 0 Å². The molecule has 0 radical (unpaired) electrons. The molecule has 0 aliphatic heterocycles. The second-order valence-electron chi connectivity index (χ2n) is 4.07. The molecule has 1 aliphatic carbocycles. The minimum Gasteiger partial charge on any atom is -0.307 e. The molecule has 82 valence electrons. The molecule has 0 bridgehead atoms. The molecule has 0 aromatic carbocycles. The number of nitrogens with one attached hydrogen (secondary N) is 1. The Bertz CT molecular complexity index is 341. The number of aryl methyl sites for hydroxylation is 1. The lowest BCUT2D eigenvalue weighted by Crippen LogP contribution is -2.24. The fraction of sp³-hybridized carbons (Fsp3) is 0.636. The molecule has 1 N–H and O–H groups in total. The molecule has 1 aromatic heterocycles. The number of carbonyl (C=O) groups is 1. The molecule has 15 heavy (non-hydrogen) atoms. The number of carbonyl (C=O) groups excluding carboxylic acids is 1. The summed E-state index contributed by atoms with van der Waals surface area (Å²) in [6, 6.07) is 0.583. The van der Waals surface area contributed by atoms with E-state index in [1.54, 1.807) is 6.20 Å². The van der Waals surface area contributed by atoms with Gasteiger partial charge in [-0.1, -0.05) is 6.92 Å². The van der Waals surface area contributed by atoms with Crippen LogP contribution in [0.25, 0.3) is 0 Å². The first-order chi connectivity index (χ1) is 7.29. The van der Waals surface area contributed by atoms with Crippen molar-refractivity contribution >= 4 is 5.78 Å². The Balaban J connectivity index is 1.86. The molecule has 4 nitrogen and oxygen atoms in total. The Morgan fingerprint density at radius 2 is 2.47 bits per heavy atom. The number of hydrogen-bond acceptors (Lipinski definition) is 3. The lowest BCUT2D eigenvalue weighted by molar-refractivity contribution is 0.0990. The van der Waals surface area contributed by atoms with Gasteiger partial charge in [0.05, 0.1) is 18.3 Å².